The zero-order valence-electron chi connectivity index (χ0n) is 14.2. The molecule has 0 fully saturated rings. The van der Waals surface area contributed by atoms with Crippen molar-refractivity contribution in [2.45, 2.75) is 20.3 Å². The summed E-state index contributed by atoms with van der Waals surface area (Å²) in [6.07, 6.45) is 1.89. The predicted molar refractivity (Wildman–Crippen MR) is 97.7 cm³/mol. The highest BCUT2D eigenvalue weighted by Crippen LogP contribution is 2.12. The molecular weight excluding hydrogens is 318 g/mol. The first-order chi connectivity index (χ1) is 11.9. The van der Waals surface area contributed by atoms with Gasteiger partial charge >= 0.3 is 0 Å². The first kappa shape index (κ1) is 18.2. The molecule has 0 atom stereocenters. The highest BCUT2D eigenvalue weighted by molar-refractivity contribution is 5.96. The maximum absolute atomic E-state index is 12.0. The molecule has 0 radical (unpaired) electrons. The van der Waals surface area contributed by atoms with Crippen LogP contribution in [-0.4, -0.2) is 23.1 Å². The van der Waals surface area contributed by atoms with E-state index >= 15 is 0 Å². The van der Waals surface area contributed by atoms with E-state index in [1.54, 1.807) is 42.5 Å². The molecule has 0 aromatic heterocycles. The van der Waals surface area contributed by atoms with E-state index in [2.05, 4.69) is 15.8 Å². The van der Waals surface area contributed by atoms with Crippen LogP contribution in [0, 0.1) is 5.92 Å². The molecular formula is C19H21N3O3. The predicted octanol–water partition coefficient (Wildman–Crippen LogP) is 3.14. The van der Waals surface area contributed by atoms with Crippen molar-refractivity contribution in [1.82, 2.24) is 5.43 Å². The van der Waals surface area contributed by atoms with Crippen molar-refractivity contribution < 1.29 is 14.7 Å². The van der Waals surface area contributed by atoms with Crippen molar-refractivity contribution in [3.63, 3.8) is 0 Å². The van der Waals surface area contributed by atoms with E-state index in [0.717, 1.165) is 0 Å². The SMILES string of the molecule is CC(C)CC(=O)Nc1ccc(C(=O)N/N=C/c2cccc(O)c2)cc1. The number of hydrogen-bond acceptors (Lipinski definition) is 4. The van der Waals surface area contributed by atoms with Crippen LogP contribution in [0.4, 0.5) is 5.69 Å². The molecule has 0 spiro atoms. The minimum atomic E-state index is -0.364. The van der Waals surface area contributed by atoms with E-state index in [4.69, 9.17) is 0 Å². The number of nitrogens with zero attached hydrogens (tertiary/aromatic N) is 1. The zero-order chi connectivity index (χ0) is 18.2. The summed E-state index contributed by atoms with van der Waals surface area (Å²) in [4.78, 5) is 23.7. The first-order valence-corrected chi connectivity index (χ1v) is 7.96. The monoisotopic (exact) mass is 339 g/mol. The molecule has 2 aromatic carbocycles. The normalized spacial score (nSPS) is 10.8. The lowest BCUT2D eigenvalue weighted by Gasteiger charge is -2.07. The Morgan fingerprint density at radius 1 is 1.16 bits per heavy atom. The Labute approximate surface area is 146 Å². The van der Waals surface area contributed by atoms with Crippen molar-refractivity contribution in [1.29, 1.82) is 0 Å². The molecule has 6 heteroatoms. The first-order valence-electron chi connectivity index (χ1n) is 7.96. The second-order valence-electron chi connectivity index (χ2n) is 6.02. The summed E-state index contributed by atoms with van der Waals surface area (Å²) in [5.74, 6) is -0.000746. The number of rotatable bonds is 6. The molecule has 0 aliphatic carbocycles. The zero-order valence-corrected chi connectivity index (χ0v) is 14.2. The summed E-state index contributed by atoms with van der Waals surface area (Å²) in [6, 6.07) is 13.1. The lowest BCUT2D eigenvalue weighted by atomic mass is 10.1. The molecule has 2 amide bonds. The van der Waals surface area contributed by atoms with Gasteiger partial charge in [-0.25, -0.2) is 5.43 Å². The summed E-state index contributed by atoms with van der Waals surface area (Å²) in [6.45, 7) is 3.95. The van der Waals surface area contributed by atoms with Gasteiger partial charge in [0.2, 0.25) is 5.91 Å². The van der Waals surface area contributed by atoms with Crippen molar-refractivity contribution in [3.05, 3.63) is 59.7 Å². The van der Waals surface area contributed by atoms with E-state index < -0.39 is 0 Å². The summed E-state index contributed by atoms with van der Waals surface area (Å²) in [5.41, 5.74) is 4.15. The number of aromatic hydroxyl groups is 1. The average Bonchev–Trinajstić information content (AvgIpc) is 2.54. The molecule has 2 rings (SSSR count). The molecule has 0 heterocycles. The topological polar surface area (TPSA) is 90.8 Å². The van der Waals surface area contributed by atoms with E-state index in [1.807, 2.05) is 13.8 Å². The van der Waals surface area contributed by atoms with Gasteiger partial charge in [0.15, 0.2) is 0 Å². The second-order valence-corrected chi connectivity index (χ2v) is 6.02. The number of benzene rings is 2. The van der Waals surface area contributed by atoms with Crippen LogP contribution in [0.2, 0.25) is 0 Å². The number of amides is 2. The van der Waals surface area contributed by atoms with Crippen molar-refractivity contribution >= 4 is 23.7 Å². The third-order valence-electron chi connectivity index (χ3n) is 3.27. The van der Waals surface area contributed by atoms with Crippen LogP contribution in [0.25, 0.3) is 0 Å². The highest BCUT2D eigenvalue weighted by atomic mass is 16.3. The third kappa shape index (κ3) is 6.10. The number of carbonyl (C=O) groups excluding carboxylic acids is 2. The smallest absolute Gasteiger partial charge is 0.271 e. The van der Waals surface area contributed by atoms with Gasteiger partial charge in [0.1, 0.15) is 5.75 Å². The molecule has 0 saturated carbocycles. The van der Waals surface area contributed by atoms with Crippen LogP contribution in [0.3, 0.4) is 0 Å². The second kappa shape index (κ2) is 8.63. The van der Waals surface area contributed by atoms with Crippen LogP contribution in [0.1, 0.15) is 36.2 Å². The lowest BCUT2D eigenvalue weighted by molar-refractivity contribution is -0.116. The number of hydrogen-bond donors (Lipinski definition) is 3. The molecule has 0 bridgehead atoms. The van der Waals surface area contributed by atoms with E-state index in [1.165, 1.54) is 12.3 Å². The molecule has 6 nitrogen and oxygen atoms in total. The standard InChI is InChI=1S/C19H21N3O3/c1-13(2)10-18(24)21-16-8-6-15(7-9-16)19(25)22-20-12-14-4-3-5-17(23)11-14/h3-9,11-13,23H,10H2,1-2H3,(H,21,24)(H,22,25)/b20-12+. The van der Waals surface area contributed by atoms with Gasteiger partial charge in [-0.1, -0.05) is 26.0 Å². The number of phenols is 1. The largest absolute Gasteiger partial charge is 0.508 e. The van der Waals surface area contributed by atoms with Crippen molar-refractivity contribution in [3.8, 4) is 5.75 Å². The van der Waals surface area contributed by atoms with E-state index in [-0.39, 0.29) is 23.5 Å². The molecule has 130 valence electrons. The average molecular weight is 339 g/mol. The van der Waals surface area contributed by atoms with Crippen LogP contribution >= 0.6 is 0 Å². The van der Waals surface area contributed by atoms with Gasteiger partial charge in [-0.15, -0.1) is 0 Å². The molecule has 0 unspecified atom stereocenters. The third-order valence-corrected chi connectivity index (χ3v) is 3.27. The molecule has 25 heavy (non-hydrogen) atoms. The van der Waals surface area contributed by atoms with Gasteiger partial charge in [0.25, 0.3) is 5.91 Å². The van der Waals surface area contributed by atoms with Gasteiger partial charge < -0.3 is 10.4 Å². The quantitative estimate of drug-likeness (QED) is 0.558. The minimum Gasteiger partial charge on any atom is -0.508 e. The van der Waals surface area contributed by atoms with Crippen molar-refractivity contribution in [2.75, 3.05) is 5.32 Å². The number of nitrogens with one attached hydrogen (secondary N) is 2. The number of carbonyl (C=O) groups is 2. The summed E-state index contributed by atoms with van der Waals surface area (Å²) in [5, 5.41) is 16.0. The minimum absolute atomic E-state index is 0.0529. The summed E-state index contributed by atoms with van der Waals surface area (Å²) < 4.78 is 0. The Kier molecular flexibility index (Phi) is 6.28. The Bertz CT molecular complexity index is 768. The number of phenolic OH excluding ortho intramolecular Hbond substituents is 1. The molecule has 0 aliphatic heterocycles. The molecule has 3 N–H and O–H groups in total. The van der Waals surface area contributed by atoms with Gasteiger partial charge in [-0.3, -0.25) is 9.59 Å². The van der Waals surface area contributed by atoms with Gasteiger partial charge in [0.05, 0.1) is 6.21 Å². The van der Waals surface area contributed by atoms with Crippen LogP contribution < -0.4 is 10.7 Å². The number of hydrazone groups is 1. The number of anilines is 1. The van der Waals surface area contributed by atoms with Crippen LogP contribution in [0.5, 0.6) is 5.75 Å². The summed E-state index contributed by atoms with van der Waals surface area (Å²) in [7, 11) is 0. The van der Waals surface area contributed by atoms with E-state index in [0.29, 0.717) is 23.2 Å². The van der Waals surface area contributed by atoms with E-state index in [9.17, 15) is 14.7 Å². The van der Waals surface area contributed by atoms with Crippen molar-refractivity contribution in [2.24, 2.45) is 11.0 Å². The molecule has 2 aromatic rings. The maximum Gasteiger partial charge on any atom is 0.271 e. The maximum atomic E-state index is 12.0. The Morgan fingerprint density at radius 2 is 1.88 bits per heavy atom. The highest BCUT2D eigenvalue weighted by Gasteiger charge is 2.07. The Morgan fingerprint density at radius 3 is 2.52 bits per heavy atom. The Balaban J connectivity index is 1.90. The fraction of sp³-hybridized carbons (Fsp3) is 0.211. The van der Waals surface area contributed by atoms with Gasteiger partial charge in [-0.2, -0.15) is 5.10 Å². The van der Waals surface area contributed by atoms with Gasteiger partial charge in [-0.05, 0) is 47.9 Å². The fourth-order valence-electron chi connectivity index (χ4n) is 2.12. The molecule has 0 saturated heterocycles. The van der Waals surface area contributed by atoms with Crippen LogP contribution in [-0.2, 0) is 4.79 Å². The Hall–Kier alpha value is -3.15. The van der Waals surface area contributed by atoms with Gasteiger partial charge in [0, 0.05) is 17.7 Å². The van der Waals surface area contributed by atoms with Crippen LogP contribution in [0.15, 0.2) is 53.6 Å². The molecule has 0 aliphatic rings. The summed E-state index contributed by atoms with van der Waals surface area (Å²) >= 11 is 0. The fourth-order valence-corrected chi connectivity index (χ4v) is 2.12. The lowest BCUT2D eigenvalue weighted by Crippen LogP contribution is -2.18.